The lowest BCUT2D eigenvalue weighted by Gasteiger charge is -2.27. The van der Waals surface area contributed by atoms with Gasteiger partial charge in [-0.25, -0.2) is 4.79 Å². The molecule has 0 saturated heterocycles. The molecule has 3 nitrogen and oxygen atoms in total. The lowest BCUT2D eigenvalue weighted by Crippen LogP contribution is -2.34. The van der Waals surface area contributed by atoms with Crippen LogP contribution in [0, 0.1) is 0 Å². The summed E-state index contributed by atoms with van der Waals surface area (Å²) in [4.78, 5) is 15.8. The maximum Gasteiger partial charge on any atom is 0.488 e. The van der Waals surface area contributed by atoms with Gasteiger partial charge in [0.05, 0.1) is 18.2 Å². The van der Waals surface area contributed by atoms with Gasteiger partial charge in [0.1, 0.15) is 0 Å². The van der Waals surface area contributed by atoms with Gasteiger partial charge in [0.2, 0.25) is 0 Å². The smallest absolute Gasteiger partial charge is 0.465 e. The highest BCUT2D eigenvalue weighted by Crippen LogP contribution is 2.56. The van der Waals surface area contributed by atoms with Crippen LogP contribution >= 0.6 is 0 Å². The molecule has 1 aromatic carbocycles. The number of methoxy groups -OCH3 is 1. The number of benzene rings is 1. The van der Waals surface area contributed by atoms with Crippen LogP contribution in [0.4, 0.5) is 12.9 Å². The van der Waals surface area contributed by atoms with Crippen molar-refractivity contribution < 1.29 is 22.5 Å². The van der Waals surface area contributed by atoms with E-state index >= 15 is 0 Å². The summed E-state index contributed by atoms with van der Waals surface area (Å²) >= 11 is 0. The summed E-state index contributed by atoms with van der Waals surface area (Å²) in [6.45, 7) is -4.96. The summed E-state index contributed by atoms with van der Waals surface area (Å²) < 4.78 is 44.5. The minimum atomic E-state index is -4.96. The van der Waals surface area contributed by atoms with Gasteiger partial charge < -0.3 is 17.7 Å². The largest absolute Gasteiger partial charge is 0.488 e. The number of nitrogens with zero attached hydrogens (tertiary/aromatic N) is 1. The van der Waals surface area contributed by atoms with E-state index < -0.39 is 18.3 Å². The Morgan fingerprint density at radius 2 is 2.00 bits per heavy atom. The van der Waals surface area contributed by atoms with Crippen LogP contribution in [0.1, 0.15) is 28.8 Å². The zero-order valence-corrected chi connectivity index (χ0v) is 11.3. The third-order valence-corrected chi connectivity index (χ3v) is 4.14. The van der Waals surface area contributed by atoms with Crippen molar-refractivity contribution in [1.29, 1.82) is 0 Å². The molecule has 0 bridgehead atoms. The molecule has 1 fully saturated rings. The molecule has 0 radical (unpaired) electrons. The van der Waals surface area contributed by atoms with Crippen molar-refractivity contribution >= 4 is 23.8 Å². The van der Waals surface area contributed by atoms with E-state index in [0.717, 1.165) is 0 Å². The molecule has 7 heteroatoms. The molecule has 1 aliphatic carbocycles. The Hall–Kier alpha value is -2.05. The summed E-state index contributed by atoms with van der Waals surface area (Å²) in [6.07, 6.45) is 1.65. The highest BCUT2D eigenvalue weighted by Gasteiger charge is 2.58. The van der Waals surface area contributed by atoms with Crippen LogP contribution < -0.4 is 0 Å². The molecule has 0 unspecified atom stereocenters. The highest BCUT2D eigenvalue weighted by atomic mass is 19.4. The van der Waals surface area contributed by atoms with Crippen LogP contribution in [0.25, 0.3) is 10.9 Å². The Bertz CT molecular complexity index is 726. The van der Waals surface area contributed by atoms with Gasteiger partial charge in [-0.2, -0.15) is 0 Å². The van der Waals surface area contributed by atoms with E-state index in [4.69, 9.17) is 0 Å². The van der Waals surface area contributed by atoms with Crippen LogP contribution in [0.3, 0.4) is 0 Å². The first-order valence-electron chi connectivity index (χ1n) is 6.56. The van der Waals surface area contributed by atoms with Crippen molar-refractivity contribution in [3.8, 4) is 0 Å². The number of rotatable bonds is 3. The Morgan fingerprint density at radius 3 is 2.57 bits per heavy atom. The van der Waals surface area contributed by atoms with Crippen molar-refractivity contribution in [3.63, 3.8) is 0 Å². The van der Waals surface area contributed by atoms with E-state index in [2.05, 4.69) is 9.72 Å². The molecule has 1 aromatic heterocycles. The molecule has 21 heavy (non-hydrogen) atoms. The third kappa shape index (κ3) is 2.07. The predicted octanol–water partition coefficient (Wildman–Crippen LogP) is 3.44. The Balaban J connectivity index is 2.18. The fourth-order valence-corrected chi connectivity index (χ4v) is 2.68. The molecule has 3 rings (SSSR count). The predicted molar refractivity (Wildman–Crippen MR) is 73.1 cm³/mol. The number of carbonyl (C=O) groups is 1. The second kappa shape index (κ2) is 4.48. The number of hydrogen-bond donors (Lipinski definition) is 0. The number of ether oxygens (including phenoxy) is 1. The van der Waals surface area contributed by atoms with Crippen molar-refractivity contribution in [2.24, 2.45) is 0 Å². The van der Waals surface area contributed by atoms with Crippen molar-refractivity contribution in [3.05, 3.63) is 41.6 Å². The first kappa shape index (κ1) is 13.9. The monoisotopic (exact) mass is 294 g/mol. The summed E-state index contributed by atoms with van der Waals surface area (Å²) in [7, 11) is 1.24. The van der Waals surface area contributed by atoms with Crippen LogP contribution in [-0.4, -0.2) is 25.0 Å². The van der Waals surface area contributed by atoms with Gasteiger partial charge in [0.15, 0.2) is 0 Å². The molecular formula is C14H12BF3NO2-. The standard InChI is InChI=1S/C14H12BF3NO2/c1-21-13(20)10-4-7-19-12-3-2-9(8-11(10)12)14(5-6-14)15(16,17)18/h2-4,7-8H,5-6H2,1H3/q-1. The molecule has 110 valence electrons. The molecule has 0 aliphatic heterocycles. The normalized spacial score (nSPS) is 16.8. The van der Waals surface area contributed by atoms with Gasteiger partial charge in [-0.15, -0.1) is 0 Å². The number of halogens is 3. The Labute approximate surface area is 119 Å². The second-order valence-corrected chi connectivity index (χ2v) is 5.31. The number of hydrogen-bond acceptors (Lipinski definition) is 3. The zero-order chi connectivity index (χ0) is 15.3. The first-order chi connectivity index (χ1) is 9.89. The maximum absolute atomic E-state index is 13.3. The van der Waals surface area contributed by atoms with Crippen LogP contribution in [-0.2, 0) is 10.1 Å². The average Bonchev–Trinajstić information content (AvgIpc) is 3.26. The van der Waals surface area contributed by atoms with E-state index in [1.165, 1.54) is 37.6 Å². The SMILES string of the molecule is COC(=O)c1ccnc2ccc(C3([B-](F)(F)F)CC3)cc12. The fourth-order valence-electron chi connectivity index (χ4n) is 2.68. The first-order valence-corrected chi connectivity index (χ1v) is 6.56. The van der Waals surface area contributed by atoms with Gasteiger partial charge >= 0.3 is 12.9 Å². The Kier molecular flexibility index (Phi) is 2.97. The van der Waals surface area contributed by atoms with E-state index in [0.29, 0.717) is 10.9 Å². The Morgan fingerprint density at radius 1 is 1.29 bits per heavy atom. The minimum absolute atomic E-state index is 0.107. The number of carbonyl (C=O) groups excluding carboxylic acids is 1. The van der Waals surface area contributed by atoms with Crippen molar-refractivity contribution in [2.45, 2.75) is 18.2 Å². The lowest BCUT2D eigenvalue weighted by molar-refractivity contribution is 0.0603. The quantitative estimate of drug-likeness (QED) is 0.643. The lowest BCUT2D eigenvalue weighted by atomic mass is 9.64. The van der Waals surface area contributed by atoms with Gasteiger partial charge in [-0.3, -0.25) is 4.98 Å². The van der Waals surface area contributed by atoms with Gasteiger partial charge in [-0.1, -0.05) is 30.5 Å². The number of esters is 1. The minimum Gasteiger partial charge on any atom is -0.465 e. The summed E-state index contributed by atoms with van der Waals surface area (Å²) in [5.41, 5.74) is 0.919. The van der Waals surface area contributed by atoms with Gasteiger partial charge in [0.25, 0.3) is 0 Å². The summed E-state index contributed by atoms with van der Waals surface area (Å²) in [5, 5.41) is -1.31. The molecule has 0 amide bonds. The summed E-state index contributed by atoms with van der Waals surface area (Å²) in [6, 6.07) is 5.87. The average molecular weight is 294 g/mol. The molecular weight excluding hydrogens is 282 g/mol. The van der Waals surface area contributed by atoms with E-state index in [9.17, 15) is 17.7 Å². The third-order valence-electron chi connectivity index (χ3n) is 4.14. The molecule has 1 saturated carbocycles. The molecule has 1 aliphatic rings. The van der Waals surface area contributed by atoms with Crippen molar-refractivity contribution in [2.75, 3.05) is 7.11 Å². The van der Waals surface area contributed by atoms with E-state index in [1.807, 2.05) is 0 Å². The highest BCUT2D eigenvalue weighted by molar-refractivity contribution is 6.63. The topological polar surface area (TPSA) is 39.2 Å². The number of fused-ring (bicyclic) bond motifs is 1. The number of aromatic nitrogens is 1. The molecule has 0 atom stereocenters. The van der Waals surface area contributed by atoms with Crippen LogP contribution in [0.2, 0.25) is 0 Å². The fraction of sp³-hybridized carbons (Fsp3) is 0.286. The molecule has 0 N–H and O–H groups in total. The number of pyridine rings is 1. The van der Waals surface area contributed by atoms with Gasteiger partial charge in [-0.05, 0) is 17.4 Å². The van der Waals surface area contributed by atoms with Crippen LogP contribution in [0.5, 0.6) is 0 Å². The van der Waals surface area contributed by atoms with E-state index in [1.54, 1.807) is 0 Å². The van der Waals surface area contributed by atoms with E-state index in [-0.39, 0.29) is 24.0 Å². The molecule has 2 aromatic rings. The van der Waals surface area contributed by atoms with Crippen LogP contribution in [0.15, 0.2) is 30.5 Å². The summed E-state index contributed by atoms with van der Waals surface area (Å²) in [5.74, 6) is -0.582. The maximum atomic E-state index is 13.3. The molecule has 1 heterocycles. The second-order valence-electron chi connectivity index (χ2n) is 5.31. The van der Waals surface area contributed by atoms with Gasteiger partial charge in [0, 0.05) is 11.6 Å². The zero-order valence-electron chi connectivity index (χ0n) is 11.3. The molecule has 0 spiro atoms. The van der Waals surface area contributed by atoms with Crippen molar-refractivity contribution in [1.82, 2.24) is 4.98 Å².